The number of ether oxygens (including phenoxy) is 1. The quantitative estimate of drug-likeness (QED) is 0.579. The van der Waals surface area contributed by atoms with Gasteiger partial charge in [-0.3, -0.25) is 19.3 Å². The van der Waals surface area contributed by atoms with Gasteiger partial charge in [-0.25, -0.2) is 0 Å². The normalized spacial score (nSPS) is 19.6. The lowest BCUT2D eigenvalue weighted by Gasteiger charge is -2.31. The number of imide groups is 1. The number of carbonyl (C=O) groups is 3. The highest BCUT2D eigenvalue weighted by Crippen LogP contribution is 2.34. The summed E-state index contributed by atoms with van der Waals surface area (Å²) in [6, 6.07) is 5.49. The van der Waals surface area contributed by atoms with E-state index in [2.05, 4.69) is 22.9 Å². The maximum atomic E-state index is 12.7. The fraction of sp³-hybridized carbons (Fsp3) is 0.476. The number of likely N-dealkylation sites (tertiary alicyclic amines) is 1. The van der Waals surface area contributed by atoms with Gasteiger partial charge in [-0.15, -0.1) is 0 Å². The number of piperidine rings is 1. The first kappa shape index (κ1) is 21.9. The van der Waals surface area contributed by atoms with Gasteiger partial charge >= 0.3 is 0 Å². The predicted octanol–water partition coefficient (Wildman–Crippen LogP) is 4.53. The Morgan fingerprint density at radius 2 is 2.00 bits per heavy atom. The van der Waals surface area contributed by atoms with E-state index in [4.69, 9.17) is 4.74 Å². The summed E-state index contributed by atoms with van der Waals surface area (Å²) in [6.45, 7) is 7.24. The number of thioether (sulfide) groups is 1. The van der Waals surface area contributed by atoms with Gasteiger partial charge in [-0.2, -0.15) is 0 Å². The zero-order valence-corrected chi connectivity index (χ0v) is 19.2. The van der Waals surface area contributed by atoms with Crippen molar-refractivity contribution in [3.63, 3.8) is 0 Å². The van der Waals surface area contributed by atoms with Crippen molar-refractivity contribution >= 4 is 50.8 Å². The van der Waals surface area contributed by atoms with Crippen LogP contribution in [0.4, 0.5) is 4.79 Å². The third kappa shape index (κ3) is 5.42. The average Bonchev–Trinajstić information content (AvgIpc) is 2.91. The smallest absolute Gasteiger partial charge is 0.294 e. The molecule has 0 atom stereocenters. The van der Waals surface area contributed by atoms with Gasteiger partial charge in [0.2, 0.25) is 5.91 Å². The van der Waals surface area contributed by atoms with Crippen molar-refractivity contribution in [3.8, 4) is 5.75 Å². The van der Waals surface area contributed by atoms with Crippen LogP contribution in [0.1, 0.15) is 39.2 Å². The first-order chi connectivity index (χ1) is 13.7. The van der Waals surface area contributed by atoms with Gasteiger partial charge in [0.05, 0.1) is 15.5 Å². The maximum absolute atomic E-state index is 12.7. The maximum Gasteiger partial charge on any atom is 0.294 e. The lowest BCUT2D eigenvalue weighted by atomic mass is 9.99. The van der Waals surface area contributed by atoms with E-state index in [0.717, 1.165) is 39.5 Å². The minimum Gasteiger partial charge on any atom is -0.490 e. The number of carbonyl (C=O) groups excluding carboxylic acids is 3. The zero-order valence-electron chi connectivity index (χ0n) is 16.8. The van der Waals surface area contributed by atoms with Crippen LogP contribution < -0.4 is 4.74 Å². The summed E-state index contributed by atoms with van der Waals surface area (Å²) in [5, 5.41) is -0.404. The topological polar surface area (TPSA) is 66.9 Å². The molecular formula is C21H25BrN2O4S. The first-order valence-electron chi connectivity index (χ1n) is 9.74. The van der Waals surface area contributed by atoms with Crippen LogP contribution in [0.25, 0.3) is 6.08 Å². The van der Waals surface area contributed by atoms with Crippen LogP contribution in [-0.4, -0.2) is 52.6 Å². The zero-order chi connectivity index (χ0) is 21.1. The second kappa shape index (κ2) is 9.34. The molecule has 0 radical (unpaired) electrons. The summed E-state index contributed by atoms with van der Waals surface area (Å²) in [7, 11) is 0. The Balaban J connectivity index is 1.68. The molecule has 0 bridgehead atoms. The van der Waals surface area contributed by atoms with E-state index in [-0.39, 0.29) is 18.6 Å². The second-order valence-corrected chi connectivity index (χ2v) is 9.54. The molecule has 3 amide bonds. The number of rotatable bonds is 5. The highest BCUT2D eigenvalue weighted by molar-refractivity contribution is 9.10. The van der Waals surface area contributed by atoms with Crippen molar-refractivity contribution in [3.05, 3.63) is 33.1 Å². The van der Waals surface area contributed by atoms with Crippen molar-refractivity contribution in [1.82, 2.24) is 9.80 Å². The van der Waals surface area contributed by atoms with Crippen LogP contribution in [0.3, 0.4) is 0 Å². The number of nitrogens with zero attached hydrogens (tertiary/aromatic N) is 2. The third-order valence-corrected chi connectivity index (χ3v) is 6.45. The summed E-state index contributed by atoms with van der Waals surface area (Å²) in [6.07, 6.45) is 3.63. The van der Waals surface area contributed by atoms with Crippen molar-refractivity contribution in [1.29, 1.82) is 0 Å². The highest BCUT2D eigenvalue weighted by atomic mass is 79.9. The largest absolute Gasteiger partial charge is 0.490 e. The van der Waals surface area contributed by atoms with E-state index in [1.807, 2.05) is 32.0 Å². The van der Waals surface area contributed by atoms with Gasteiger partial charge in [0.25, 0.3) is 11.1 Å². The van der Waals surface area contributed by atoms with Crippen LogP contribution in [0.2, 0.25) is 0 Å². The van der Waals surface area contributed by atoms with Crippen LogP contribution in [0.5, 0.6) is 5.75 Å². The molecule has 0 saturated carbocycles. The average molecular weight is 481 g/mol. The molecular weight excluding hydrogens is 456 g/mol. The molecule has 2 heterocycles. The molecule has 0 unspecified atom stereocenters. The molecule has 8 heteroatoms. The van der Waals surface area contributed by atoms with Gasteiger partial charge < -0.3 is 9.64 Å². The van der Waals surface area contributed by atoms with E-state index >= 15 is 0 Å². The fourth-order valence-corrected chi connectivity index (χ4v) is 4.57. The molecule has 0 aromatic heterocycles. The third-order valence-electron chi connectivity index (χ3n) is 4.92. The van der Waals surface area contributed by atoms with Crippen LogP contribution in [0, 0.1) is 5.92 Å². The molecule has 1 aromatic rings. The monoisotopic (exact) mass is 480 g/mol. The number of halogens is 1. The van der Waals surface area contributed by atoms with Gasteiger partial charge in [0.15, 0.2) is 0 Å². The molecule has 2 aliphatic rings. The molecule has 156 valence electrons. The van der Waals surface area contributed by atoms with E-state index < -0.39 is 11.1 Å². The van der Waals surface area contributed by atoms with Gasteiger partial charge in [0.1, 0.15) is 12.3 Å². The van der Waals surface area contributed by atoms with Crippen LogP contribution in [0.15, 0.2) is 27.6 Å². The van der Waals surface area contributed by atoms with E-state index in [9.17, 15) is 14.4 Å². The molecule has 3 rings (SSSR count). The Kier molecular flexibility index (Phi) is 7.05. The van der Waals surface area contributed by atoms with Crippen LogP contribution >= 0.6 is 27.7 Å². The predicted molar refractivity (Wildman–Crippen MR) is 118 cm³/mol. The fourth-order valence-electron chi connectivity index (χ4n) is 3.24. The summed E-state index contributed by atoms with van der Waals surface area (Å²) < 4.78 is 6.46. The van der Waals surface area contributed by atoms with E-state index in [0.29, 0.717) is 29.7 Å². The molecule has 6 nitrogen and oxygen atoms in total. The molecule has 0 spiro atoms. The Labute approximate surface area is 183 Å². The standard InChI is InChI=1S/C21H25BrN2O4S/c1-13(2)28-17-5-4-15(10-16(17)22)11-18-20(26)24(21(27)29-18)12-19(25)23-8-6-14(3)7-9-23/h4-5,10-11,13-14H,6-9,12H2,1-3H3. The van der Waals surface area contributed by atoms with E-state index in [1.54, 1.807) is 11.0 Å². The molecule has 0 aliphatic carbocycles. The van der Waals surface area contributed by atoms with Gasteiger partial charge in [-0.05, 0) is 84.1 Å². The lowest BCUT2D eigenvalue weighted by Crippen LogP contribution is -2.45. The van der Waals surface area contributed by atoms with E-state index in [1.165, 1.54) is 0 Å². The number of amides is 3. The number of benzene rings is 1. The summed E-state index contributed by atoms with van der Waals surface area (Å²) >= 11 is 4.34. The molecule has 2 saturated heterocycles. The highest BCUT2D eigenvalue weighted by Gasteiger charge is 2.37. The lowest BCUT2D eigenvalue weighted by molar-refractivity contribution is -0.136. The summed E-state index contributed by atoms with van der Waals surface area (Å²) in [5.74, 6) is 0.735. The molecule has 1 aromatic carbocycles. The number of hydrogen-bond acceptors (Lipinski definition) is 5. The second-order valence-electron chi connectivity index (χ2n) is 7.69. The minimum absolute atomic E-state index is 0.0503. The van der Waals surface area contributed by atoms with Crippen molar-refractivity contribution in [2.45, 2.75) is 39.7 Å². The Hall–Kier alpha value is -1.80. The Bertz CT molecular complexity index is 847. The van der Waals surface area contributed by atoms with Crippen LogP contribution in [-0.2, 0) is 9.59 Å². The summed E-state index contributed by atoms with van der Waals surface area (Å²) in [4.78, 5) is 40.7. The summed E-state index contributed by atoms with van der Waals surface area (Å²) in [5.41, 5.74) is 0.773. The molecule has 29 heavy (non-hydrogen) atoms. The SMILES string of the molecule is CC1CCN(C(=O)CN2C(=O)SC(=Cc3ccc(OC(C)C)c(Br)c3)C2=O)CC1. The molecule has 2 aliphatic heterocycles. The minimum atomic E-state index is -0.419. The van der Waals surface area contributed by atoms with Gasteiger partial charge in [0, 0.05) is 13.1 Å². The van der Waals surface area contributed by atoms with Crippen molar-refractivity contribution < 1.29 is 19.1 Å². The molecule has 2 fully saturated rings. The molecule has 0 N–H and O–H groups in total. The van der Waals surface area contributed by atoms with Crippen molar-refractivity contribution in [2.24, 2.45) is 5.92 Å². The Morgan fingerprint density at radius 1 is 1.31 bits per heavy atom. The first-order valence-corrected chi connectivity index (χ1v) is 11.3. The van der Waals surface area contributed by atoms with Gasteiger partial charge in [-0.1, -0.05) is 13.0 Å². The number of hydrogen-bond donors (Lipinski definition) is 0. The Morgan fingerprint density at radius 3 is 2.62 bits per heavy atom. The van der Waals surface area contributed by atoms with Crippen molar-refractivity contribution in [2.75, 3.05) is 19.6 Å².